The average molecular weight is 369 g/mol. The molecule has 1 aliphatic rings. The van der Waals surface area contributed by atoms with Gasteiger partial charge in [0.1, 0.15) is 5.82 Å². The molecule has 1 aliphatic heterocycles. The zero-order valence-electron chi connectivity index (χ0n) is 15.0. The predicted octanol–water partition coefficient (Wildman–Crippen LogP) is 2.25. The van der Waals surface area contributed by atoms with Crippen molar-refractivity contribution in [2.45, 2.75) is 19.4 Å². The highest BCUT2D eigenvalue weighted by molar-refractivity contribution is 5.77. The number of methoxy groups -OCH3 is 1. The Morgan fingerprint density at radius 3 is 2.63 bits per heavy atom. The molecule has 1 saturated heterocycles. The number of hydrogen-bond donors (Lipinski definition) is 0. The molecule has 0 amide bonds. The minimum Gasteiger partial charge on any atom is -0.494 e. The maximum atomic E-state index is 13.3. The van der Waals surface area contributed by atoms with Crippen molar-refractivity contribution in [3.8, 4) is 5.75 Å². The Labute approximate surface area is 155 Å². The third-order valence-electron chi connectivity index (χ3n) is 4.99. The van der Waals surface area contributed by atoms with Gasteiger partial charge in [0, 0.05) is 25.7 Å². The van der Waals surface area contributed by atoms with Crippen molar-refractivity contribution >= 4 is 16.9 Å². The molecule has 3 aromatic rings. The minimum atomic E-state index is -0.389. The van der Waals surface area contributed by atoms with Crippen LogP contribution in [0.5, 0.6) is 5.75 Å². The van der Waals surface area contributed by atoms with E-state index in [0.717, 1.165) is 25.9 Å². The first-order chi connectivity index (χ1) is 13.1. The molecule has 0 spiro atoms. The van der Waals surface area contributed by atoms with Crippen LogP contribution in [0.3, 0.4) is 0 Å². The summed E-state index contributed by atoms with van der Waals surface area (Å²) in [5.41, 5.74) is 0.267. The molecule has 0 atom stereocenters. The van der Waals surface area contributed by atoms with Gasteiger partial charge in [0.15, 0.2) is 5.75 Å². The average Bonchev–Trinajstić information content (AvgIpc) is 2.71. The van der Waals surface area contributed by atoms with Crippen LogP contribution in [-0.4, -0.2) is 39.7 Å². The zero-order valence-corrected chi connectivity index (χ0v) is 15.0. The Hall–Kier alpha value is -3.03. The molecule has 0 saturated carbocycles. The van der Waals surface area contributed by atoms with E-state index in [1.807, 2.05) is 0 Å². The van der Waals surface area contributed by atoms with Crippen LogP contribution in [0.25, 0.3) is 10.9 Å². The molecule has 1 fully saturated rings. The number of ether oxygens (including phenoxy) is 1. The van der Waals surface area contributed by atoms with Crippen LogP contribution in [0.4, 0.5) is 10.3 Å². The molecule has 2 aromatic heterocycles. The lowest BCUT2D eigenvalue weighted by atomic mass is 9.97. The van der Waals surface area contributed by atoms with Crippen LogP contribution in [-0.2, 0) is 6.54 Å². The van der Waals surface area contributed by atoms with E-state index in [4.69, 9.17) is 4.74 Å². The Kier molecular flexibility index (Phi) is 4.70. The number of nitrogens with zero attached hydrogens (tertiary/aromatic N) is 5. The van der Waals surface area contributed by atoms with E-state index >= 15 is 0 Å². The summed E-state index contributed by atoms with van der Waals surface area (Å²) in [5, 5.41) is 0.447. The Bertz CT molecular complexity index is 997. The number of piperidine rings is 1. The molecule has 0 aliphatic carbocycles. The van der Waals surface area contributed by atoms with Crippen molar-refractivity contribution in [2.75, 3.05) is 25.1 Å². The lowest BCUT2D eigenvalue weighted by Crippen LogP contribution is -2.37. The Balaban J connectivity index is 1.43. The molecule has 7 nitrogen and oxygen atoms in total. The molecule has 0 bridgehead atoms. The molecule has 1 aromatic carbocycles. The normalized spacial score (nSPS) is 15.3. The van der Waals surface area contributed by atoms with Crippen molar-refractivity contribution in [3.63, 3.8) is 0 Å². The first-order valence-corrected chi connectivity index (χ1v) is 8.90. The fraction of sp³-hybridized carbons (Fsp3) is 0.368. The monoisotopic (exact) mass is 369 g/mol. The molecule has 140 valence electrons. The molecule has 0 unspecified atom stereocenters. The number of rotatable bonds is 4. The van der Waals surface area contributed by atoms with Gasteiger partial charge in [-0.3, -0.25) is 9.36 Å². The quantitative estimate of drug-likeness (QED) is 0.702. The smallest absolute Gasteiger partial charge is 0.261 e. The second-order valence-corrected chi connectivity index (χ2v) is 6.72. The molecule has 3 heterocycles. The minimum absolute atomic E-state index is 0.124. The van der Waals surface area contributed by atoms with E-state index in [2.05, 4.69) is 19.9 Å². The molecular weight excluding hydrogens is 349 g/mol. The van der Waals surface area contributed by atoms with Gasteiger partial charge in [-0.15, -0.1) is 0 Å². The number of benzene rings is 1. The van der Waals surface area contributed by atoms with Gasteiger partial charge in [-0.25, -0.2) is 19.3 Å². The maximum Gasteiger partial charge on any atom is 0.261 e. The van der Waals surface area contributed by atoms with E-state index in [9.17, 15) is 9.18 Å². The van der Waals surface area contributed by atoms with Gasteiger partial charge in [0.05, 0.1) is 36.7 Å². The lowest BCUT2D eigenvalue weighted by molar-refractivity contribution is 0.349. The van der Waals surface area contributed by atoms with Crippen LogP contribution in [0.2, 0.25) is 0 Å². The van der Waals surface area contributed by atoms with Gasteiger partial charge in [0.2, 0.25) is 5.95 Å². The van der Waals surface area contributed by atoms with Crippen LogP contribution in [0.1, 0.15) is 12.8 Å². The van der Waals surface area contributed by atoms with E-state index in [1.165, 1.54) is 24.5 Å². The lowest BCUT2D eigenvalue weighted by Gasteiger charge is -2.32. The molecular formula is C19H20FN5O2. The molecule has 0 radical (unpaired) electrons. The first kappa shape index (κ1) is 17.4. The van der Waals surface area contributed by atoms with Crippen molar-refractivity contribution in [1.29, 1.82) is 0 Å². The number of anilines is 1. The van der Waals surface area contributed by atoms with Gasteiger partial charge in [-0.05, 0) is 30.9 Å². The van der Waals surface area contributed by atoms with Crippen molar-refractivity contribution in [2.24, 2.45) is 5.92 Å². The molecule has 4 rings (SSSR count). The molecule has 27 heavy (non-hydrogen) atoms. The van der Waals surface area contributed by atoms with Crippen LogP contribution >= 0.6 is 0 Å². The largest absolute Gasteiger partial charge is 0.494 e. The molecule has 8 heteroatoms. The van der Waals surface area contributed by atoms with Gasteiger partial charge in [-0.2, -0.15) is 0 Å². The van der Waals surface area contributed by atoms with Crippen molar-refractivity contribution in [1.82, 2.24) is 19.5 Å². The summed E-state index contributed by atoms with van der Waals surface area (Å²) < 4.78 is 20.0. The summed E-state index contributed by atoms with van der Waals surface area (Å²) in [7, 11) is 1.59. The number of halogens is 1. The van der Waals surface area contributed by atoms with E-state index in [0.29, 0.717) is 35.1 Å². The van der Waals surface area contributed by atoms with Crippen LogP contribution in [0.15, 0.2) is 41.7 Å². The topological polar surface area (TPSA) is 73.1 Å². The third-order valence-corrected chi connectivity index (χ3v) is 4.99. The van der Waals surface area contributed by atoms with E-state index in [-0.39, 0.29) is 11.4 Å². The number of aromatic nitrogens is 4. The second-order valence-electron chi connectivity index (χ2n) is 6.72. The van der Waals surface area contributed by atoms with Gasteiger partial charge in [-0.1, -0.05) is 0 Å². The van der Waals surface area contributed by atoms with Crippen molar-refractivity contribution in [3.05, 3.63) is 53.1 Å². The molecule has 0 N–H and O–H groups in total. The zero-order chi connectivity index (χ0) is 18.8. The van der Waals surface area contributed by atoms with Gasteiger partial charge in [0.25, 0.3) is 5.56 Å². The van der Waals surface area contributed by atoms with E-state index < -0.39 is 0 Å². The Morgan fingerprint density at radius 2 is 1.93 bits per heavy atom. The SMILES string of the molecule is COc1cnc(N2CCC(Cn3cnc4cc(F)ccc4c3=O)CC2)nc1. The van der Waals surface area contributed by atoms with Crippen molar-refractivity contribution < 1.29 is 9.13 Å². The summed E-state index contributed by atoms with van der Waals surface area (Å²) >= 11 is 0. The van der Waals surface area contributed by atoms with Gasteiger partial charge < -0.3 is 9.64 Å². The standard InChI is InChI=1S/C19H20FN5O2/c1-27-15-9-21-19(22-10-15)24-6-4-13(5-7-24)11-25-12-23-17-8-14(20)2-3-16(17)18(25)26/h2-3,8-10,12-13H,4-7,11H2,1H3. The maximum absolute atomic E-state index is 13.3. The number of fused-ring (bicyclic) bond motifs is 1. The third kappa shape index (κ3) is 3.60. The summed E-state index contributed by atoms with van der Waals surface area (Å²) in [5.74, 6) is 1.31. The van der Waals surface area contributed by atoms with E-state index in [1.54, 1.807) is 24.1 Å². The van der Waals surface area contributed by atoms with Gasteiger partial charge >= 0.3 is 0 Å². The summed E-state index contributed by atoms with van der Waals surface area (Å²) in [6.07, 6.45) is 6.71. The fourth-order valence-electron chi connectivity index (χ4n) is 3.43. The Morgan fingerprint density at radius 1 is 1.19 bits per heavy atom. The van der Waals surface area contributed by atoms with Crippen LogP contribution in [0, 0.1) is 11.7 Å². The highest BCUT2D eigenvalue weighted by atomic mass is 19.1. The predicted molar refractivity (Wildman–Crippen MR) is 99.5 cm³/mol. The fourth-order valence-corrected chi connectivity index (χ4v) is 3.43. The first-order valence-electron chi connectivity index (χ1n) is 8.90. The summed E-state index contributed by atoms with van der Waals surface area (Å²) in [6, 6.07) is 4.08. The second kappa shape index (κ2) is 7.30. The highest BCUT2D eigenvalue weighted by Gasteiger charge is 2.22. The number of hydrogen-bond acceptors (Lipinski definition) is 6. The highest BCUT2D eigenvalue weighted by Crippen LogP contribution is 2.22. The van der Waals surface area contributed by atoms with Crippen LogP contribution < -0.4 is 15.2 Å². The summed E-state index contributed by atoms with van der Waals surface area (Å²) in [6.45, 7) is 2.27. The summed E-state index contributed by atoms with van der Waals surface area (Å²) in [4.78, 5) is 27.6.